The highest BCUT2D eigenvalue weighted by molar-refractivity contribution is 7.86. The van der Waals surface area contributed by atoms with Crippen LogP contribution in [0.2, 0.25) is 0 Å². The first-order chi connectivity index (χ1) is 6.59. The van der Waals surface area contributed by atoms with Gasteiger partial charge in [-0.15, -0.1) is 11.6 Å². The van der Waals surface area contributed by atoms with Crippen LogP contribution in [0, 0.1) is 0 Å². The van der Waals surface area contributed by atoms with Gasteiger partial charge in [0.2, 0.25) is 0 Å². The van der Waals surface area contributed by atoms with E-state index in [-0.39, 0.29) is 0 Å². The average Bonchev–Trinajstić information content (AvgIpc) is 2.67. The van der Waals surface area contributed by atoms with Gasteiger partial charge in [-0.05, 0) is 19.3 Å². The summed E-state index contributed by atoms with van der Waals surface area (Å²) in [6.45, 7) is 1.82. The molecule has 1 rings (SSSR count). The van der Waals surface area contributed by atoms with Crippen LogP contribution in [0.1, 0.15) is 19.3 Å². The molecule has 0 bridgehead atoms. The van der Waals surface area contributed by atoms with Gasteiger partial charge < -0.3 is 0 Å². The third-order valence-electron chi connectivity index (χ3n) is 2.39. The van der Waals surface area contributed by atoms with E-state index in [0.717, 1.165) is 12.8 Å². The van der Waals surface area contributed by atoms with E-state index in [2.05, 4.69) is 0 Å². The molecule has 1 heterocycles. The van der Waals surface area contributed by atoms with Crippen molar-refractivity contribution in [2.45, 2.75) is 19.3 Å². The van der Waals surface area contributed by atoms with Gasteiger partial charge in [0.1, 0.15) is 0 Å². The van der Waals surface area contributed by atoms with E-state index in [1.54, 1.807) is 11.4 Å². The summed E-state index contributed by atoms with van der Waals surface area (Å²) in [5, 5.41) is 0. The zero-order chi connectivity index (χ0) is 10.6. The fraction of sp³-hybridized carbons (Fsp3) is 1.00. The Morgan fingerprint density at radius 2 is 1.93 bits per heavy atom. The van der Waals surface area contributed by atoms with Gasteiger partial charge in [-0.25, -0.2) is 0 Å². The molecule has 1 fully saturated rings. The van der Waals surface area contributed by atoms with Gasteiger partial charge in [0.25, 0.3) is 10.2 Å². The van der Waals surface area contributed by atoms with Crippen molar-refractivity contribution in [2.75, 3.05) is 32.6 Å². The van der Waals surface area contributed by atoms with Crippen molar-refractivity contribution in [3.8, 4) is 0 Å². The SMILES string of the molecule is CN(CCCCl)S(=O)(=O)N1CCCC1. The lowest BCUT2D eigenvalue weighted by molar-refractivity contribution is 0.395. The summed E-state index contributed by atoms with van der Waals surface area (Å²) in [5.41, 5.74) is 0. The molecule has 0 aromatic rings. The Balaban J connectivity index is 2.54. The Morgan fingerprint density at radius 1 is 1.36 bits per heavy atom. The molecule has 0 aromatic carbocycles. The van der Waals surface area contributed by atoms with Gasteiger partial charge in [-0.1, -0.05) is 0 Å². The molecule has 6 heteroatoms. The molecule has 84 valence electrons. The Bertz CT molecular complexity index is 263. The topological polar surface area (TPSA) is 40.6 Å². The molecule has 1 aliphatic heterocycles. The summed E-state index contributed by atoms with van der Waals surface area (Å²) >= 11 is 5.52. The van der Waals surface area contributed by atoms with E-state index >= 15 is 0 Å². The zero-order valence-electron chi connectivity index (χ0n) is 8.45. The lowest BCUT2D eigenvalue weighted by atomic mass is 10.4. The Kier molecular flexibility index (Phi) is 4.63. The first-order valence-corrected chi connectivity index (χ1v) is 6.79. The highest BCUT2D eigenvalue weighted by atomic mass is 35.5. The lowest BCUT2D eigenvalue weighted by Crippen LogP contribution is -2.40. The highest BCUT2D eigenvalue weighted by Crippen LogP contribution is 2.15. The van der Waals surface area contributed by atoms with Crippen LogP contribution in [-0.4, -0.2) is 49.6 Å². The molecule has 0 atom stereocenters. The summed E-state index contributed by atoms with van der Waals surface area (Å²) in [5.74, 6) is 0.500. The first kappa shape index (κ1) is 12.2. The Labute approximate surface area is 91.0 Å². The molecule has 0 amide bonds. The van der Waals surface area contributed by atoms with Crippen LogP contribution in [0.3, 0.4) is 0 Å². The maximum absolute atomic E-state index is 11.8. The Morgan fingerprint density at radius 3 is 2.43 bits per heavy atom. The number of nitrogens with zero attached hydrogens (tertiary/aromatic N) is 2. The summed E-state index contributed by atoms with van der Waals surface area (Å²) < 4.78 is 26.6. The number of alkyl halides is 1. The van der Waals surface area contributed by atoms with Crippen LogP contribution in [0.15, 0.2) is 0 Å². The van der Waals surface area contributed by atoms with Crippen molar-refractivity contribution in [3.05, 3.63) is 0 Å². The van der Waals surface area contributed by atoms with Crippen LogP contribution >= 0.6 is 11.6 Å². The molecule has 0 aromatic heterocycles. The molecule has 1 aliphatic rings. The summed E-state index contributed by atoms with van der Waals surface area (Å²) in [4.78, 5) is 0. The lowest BCUT2D eigenvalue weighted by Gasteiger charge is -2.23. The third kappa shape index (κ3) is 2.82. The van der Waals surface area contributed by atoms with Crippen LogP contribution < -0.4 is 0 Å². The fourth-order valence-corrected chi connectivity index (χ4v) is 3.11. The summed E-state index contributed by atoms with van der Waals surface area (Å²) in [6.07, 6.45) is 2.65. The number of hydrogen-bond acceptors (Lipinski definition) is 2. The maximum atomic E-state index is 11.8. The second-order valence-corrected chi connectivity index (χ2v) is 5.89. The molecule has 0 saturated carbocycles. The number of halogens is 1. The van der Waals surface area contributed by atoms with E-state index in [1.165, 1.54) is 4.31 Å². The van der Waals surface area contributed by atoms with E-state index in [9.17, 15) is 8.42 Å². The van der Waals surface area contributed by atoms with Crippen LogP contribution in [0.25, 0.3) is 0 Å². The molecule has 1 saturated heterocycles. The molecule has 0 N–H and O–H groups in total. The van der Waals surface area contributed by atoms with Gasteiger partial charge in [0.05, 0.1) is 0 Å². The van der Waals surface area contributed by atoms with E-state index in [0.29, 0.717) is 31.9 Å². The first-order valence-electron chi connectivity index (χ1n) is 4.86. The smallest absolute Gasteiger partial charge is 0.195 e. The van der Waals surface area contributed by atoms with Gasteiger partial charge >= 0.3 is 0 Å². The standard InChI is InChI=1S/C8H17ClN2O2S/c1-10(6-4-5-9)14(12,13)11-7-2-3-8-11/h2-8H2,1H3. The summed E-state index contributed by atoms with van der Waals surface area (Å²) in [6, 6.07) is 0. The number of hydrogen-bond donors (Lipinski definition) is 0. The maximum Gasteiger partial charge on any atom is 0.281 e. The minimum atomic E-state index is -3.20. The minimum absolute atomic E-state index is 0.500. The quantitative estimate of drug-likeness (QED) is 0.670. The van der Waals surface area contributed by atoms with Crippen molar-refractivity contribution in [1.82, 2.24) is 8.61 Å². The monoisotopic (exact) mass is 240 g/mol. The van der Waals surface area contributed by atoms with Gasteiger partial charge in [-0.3, -0.25) is 0 Å². The van der Waals surface area contributed by atoms with E-state index in [1.807, 2.05) is 0 Å². The largest absolute Gasteiger partial charge is 0.281 e. The van der Waals surface area contributed by atoms with E-state index in [4.69, 9.17) is 11.6 Å². The van der Waals surface area contributed by atoms with Crippen LogP contribution in [0.4, 0.5) is 0 Å². The predicted molar refractivity (Wildman–Crippen MR) is 57.7 cm³/mol. The second kappa shape index (κ2) is 5.30. The number of rotatable bonds is 5. The van der Waals surface area contributed by atoms with Crippen molar-refractivity contribution >= 4 is 21.8 Å². The van der Waals surface area contributed by atoms with E-state index < -0.39 is 10.2 Å². The average molecular weight is 241 g/mol. The predicted octanol–water partition coefficient (Wildman–Crippen LogP) is 0.888. The highest BCUT2D eigenvalue weighted by Gasteiger charge is 2.28. The molecular formula is C8H17ClN2O2S. The van der Waals surface area contributed by atoms with Gasteiger partial charge in [0.15, 0.2) is 0 Å². The van der Waals surface area contributed by atoms with Gasteiger partial charge in [0, 0.05) is 32.6 Å². The summed E-state index contributed by atoms with van der Waals surface area (Å²) in [7, 11) is -1.59. The van der Waals surface area contributed by atoms with Crippen LogP contribution in [0.5, 0.6) is 0 Å². The molecular weight excluding hydrogens is 224 g/mol. The van der Waals surface area contributed by atoms with Crippen LogP contribution in [-0.2, 0) is 10.2 Å². The van der Waals surface area contributed by atoms with Crippen molar-refractivity contribution < 1.29 is 8.42 Å². The normalized spacial score (nSPS) is 19.4. The Hall–Kier alpha value is 0.160. The molecule has 0 aliphatic carbocycles. The minimum Gasteiger partial charge on any atom is -0.195 e. The molecule has 4 nitrogen and oxygen atoms in total. The third-order valence-corrected chi connectivity index (χ3v) is 4.65. The fourth-order valence-electron chi connectivity index (χ4n) is 1.51. The van der Waals surface area contributed by atoms with Crippen molar-refractivity contribution in [2.24, 2.45) is 0 Å². The molecule has 0 radical (unpaired) electrons. The van der Waals surface area contributed by atoms with Crippen molar-refractivity contribution in [1.29, 1.82) is 0 Å². The molecule has 14 heavy (non-hydrogen) atoms. The van der Waals surface area contributed by atoms with Crippen molar-refractivity contribution in [3.63, 3.8) is 0 Å². The molecule has 0 spiro atoms. The zero-order valence-corrected chi connectivity index (χ0v) is 10.0. The second-order valence-electron chi connectivity index (χ2n) is 3.48. The molecule has 0 unspecified atom stereocenters. The van der Waals surface area contributed by atoms with Gasteiger partial charge in [-0.2, -0.15) is 17.0 Å².